The summed E-state index contributed by atoms with van der Waals surface area (Å²) in [5.41, 5.74) is 3.93. The Morgan fingerprint density at radius 2 is 1.57 bits per heavy atom. The van der Waals surface area contributed by atoms with E-state index in [0.717, 1.165) is 22.5 Å². The maximum absolute atomic E-state index is 13.0. The second-order valence-corrected chi connectivity index (χ2v) is 8.48. The molecule has 0 saturated heterocycles. The molecular formula is C23H23N5OS. The molecule has 2 aromatic heterocycles. The zero-order valence-electron chi connectivity index (χ0n) is 17.1. The molecule has 1 amide bonds. The van der Waals surface area contributed by atoms with Crippen molar-refractivity contribution in [2.24, 2.45) is 0 Å². The Hall–Kier alpha value is -3.19. The molecule has 1 N–H and O–H groups in total. The first-order chi connectivity index (χ1) is 14.5. The van der Waals surface area contributed by atoms with Crippen molar-refractivity contribution in [1.82, 2.24) is 24.9 Å². The number of carbonyl (C=O) groups is 1. The summed E-state index contributed by atoms with van der Waals surface area (Å²) in [5, 5.41) is 7.86. The number of carbonyl (C=O) groups excluding carboxylic acids is 1. The van der Waals surface area contributed by atoms with Crippen LogP contribution in [0.4, 0.5) is 0 Å². The minimum Gasteiger partial charge on any atom is -0.344 e. The van der Waals surface area contributed by atoms with Gasteiger partial charge in [-0.15, -0.1) is 5.10 Å². The molecule has 0 aliphatic heterocycles. The molecule has 0 aliphatic carbocycles. The normalized spacial score (nSPS) is 12.3. The van der Waals surface area contributed by atoms with Crippen molar-refractivity contribution >= 4 is 23.4 Å². The van der Waals surface area contributed by atoms with Crippen molar-refractivity contribution in [3.05, 3.63) is 89.2 Å². The van der Waals surface area contributed by atoms with Gasteiger partial charge in [0.25, 0.3) is 5.78 Å². The number of thioether (sulfide) groups is 1. The Balaban J connectivity index is 1.53. The highest BCUT2D eigenvalue weighted by molar-refractivity contribution is 8.00. The van der Waals surface area contributed by atoms with Gasteiger partial charge in [0.2, 0.25) is 11.1 Å². The van der Waals surface area contributed by atoms with E-state index in [0.29, 0.717) is 10.9 Å². The monoisotopic (exact) mass is 417 g/mol. The Morgan fingerprint density at radius 1 is 0.967 bits per heavy atom. The fourth-order valence-electron chi connectivity index (χ4n) is 3.32. The van der Waals surface area contributed by atoms with Crippen LogP contribution in [0.3, 0.4) is 0 Å². The highest BCUT2D eigenvalue weighted by atomic mass is 32.2. The predicted octanol–water partition coefficient (Wildman–Crippen LogP) is 4.13. The zero-order chi connectivity index (χ0) is 21.1. The van der Waals surface area contributed by atoms with Gasteiger partial charge in [-0.25, -0.2) is 9.50 Å². The first-order valence-corrected chi connectivity index (χ1v) is 10.7. The maximum atomic E-state index is 13.0. The molecule has 0 spiro atoms. The Morgan fingerprint density at radius 3 is 2.17 bits per heavy atom. The molecule has 4 aromatic rings. The molecule has 0 bridgehead atoms. The molecule has 0 aliphatic rings. The summed E-state index contributed by atoms with van der Waals surface area (Å²) in [6.45, 7) is 5.76. The lowest BCUT2D eigenvalue weighted by Crippen LogP contribution is -2.35. The van der Waals surface area contributed by atoms with Crippen LogP contribution in [0.5, 0.6) is 0 Å². The summed E-state index contributed by atoms with van der Waals surface area (Å²) >= 11 is 1.33. The highest BCUT2D eigenvalue weighted by Crippen LogP contribution is 2.25. The number of hydrogen-bond donors (Lipinski definition) is 1. The number of rotatable bonds is 6. The van der Waals surface area contributed by atoms with Gasteiger partial charge >= 0.3 is 0 Å². The number of amides is 1. The minimum atomic E-state index is -0.362. The number of nitrogens with one attached hydrogen (secondary N) is 1. The average molecular weight is 418 g/mol. The van der Waals surface area contributed by atoms with E-state index in [2.05, 4.69) is 20.4 Å². The summed E-state index contributed by atoms with van der Waals surface area (Å²) < 4.78 is 1.71. The number of benzene rings is 2. The number of hydrogen-bond acceptors (Lipinski definition) is 5. The van der Waals surface area contributed by atoms with E-state index >= 15 is 0 Å². The third-order valence-electron chi connectivity index (χ3n) is 4.80. The lowest BCUT2D eigenvalue weighted by atomic mass is 9.98. The summed E-state index contributed by atoms with van der Waals surface area (Å²) in [4.78, 5) is 21.9. The third kappa shape index (κ3) is 4.36. The van der Waals surface area contributed by atoms with Crippen LogP contribution < -0.4 is 5.32 Å². The lowest BCUT2D eigenvalue weighted by Gasteiger charge is -2.21. The van der Waals surface area contributed by atoms with Crippen molar-refractivity contribution in [1.29, 1.82) is 0 Å². The van der Waals surface area contributed by atoms with Crippen LogP contribution in [-0.4, -0.2) is 30.7 Å². The largest absolute Gasteiger partial charge is 0.344 e. The van der Waals surface area contributed by atoms with Crippen LogP contribution in [0.25, 0.3) is 5.78 Å². The van der Waals surface area contributed by atoms with Crippen LogP contribution in [0.1, 0.15) is 35.5 Å². The summed E-state index contributed by atoms with van der Waals surface area (Å²) in [5.74, 6) is 0.478. The molecular weight excluding hydrogens is 394 g/mol. The fourth-order valence-corrected chi connectivity index (χ4v) is 4.07. The van der Waals surface area contributed by atoms with Gasteiger partial charge in [-0.3, -0.25) is 4.79 Å². The van der Waals surface area contributed by atoms with Gasteiger partial charge < -0.3 is 5.32 Å². The fraction of sp³-hybridized carbons (Fsp3) is 0.217. The van der Waals surface area contributed by atoms with Gasteiger partial charge in [0.05, 0.1) is 11.3 Å². The third-order valence-corrected chi connectivity index (χ3v) is 5.75. The van der Waals surface area contributed by atoms with Crippen LogP contribution >= 0.6 is 11.8 Å². The first-order valence-electron chi connectivity index (χ1n) is 9.79. The molecule has 1 unspecified atom stereocenters. The second-order valence-electron chi connectivity index (χ2n) is 7.17. The Bertz CT molecular complexity index is 1120. The second kappa shape index (κ2) is 8.67. The summed E-state index contributed by atoms with van der Waals surface area (Å²) in [6.07, 6.45) is 0. The predicted molar refractivity (Wildman–Crippen MR) is 118 cm³/mol. The topological polar surface area (TPSA) is 72.2 Å². The van der Waals surface area contributed by atoms with Crippen LogP contribution in [0, 0.1) is 13.8 Å². The molecule has 152 valence electrons. The number of fused-ring (bicyclic) bond motifs is 1. The van der Waals surface area contributed by atoms with Crippen LogP contribution in [-0.2, 0) is 4.79 Å². The van der Waals surface area contributed by atoms with E-state index < -0.39 is 0 Å². The van der Waals surface area contributed by atoms with E-state index in [-0.39, 0.29) is 17.2 Å². The lowest BCUT2D eigenvalue weighted by molar-refractivity contribution is -0.120. The van der Waals surface area contributed by atoms with Crippen LogP contribution in [0.15, 0.2) is 71.9 Å². The summed E-state index contributed by atoms with van der Waals surface area (Å²) in [6, 6.07) is 21.7. The van der Waals surface area contributed by atoms with Gasteiger partial charge in [-0.1, -0.05) is 72.4 Å². The van der Waals surface area contributed by atoms with E-state index in [1.54, 1.807) is 4.52 Å². The standard InChI is InChI=1S/C23H23N5OS/c1-15-14-16(2)28-22(24-15)26-23(27-28)30-17(3)21(29)25-20(18-10-6-4-7-11-18)19-12-8-5-9-13-19/h4-14,17,20H,1-3H3,(H,25,29). The SMILES string of the molecule is Cc1cc(C)n2nc(SC(C)C(=O)NC(c3ccccc3)c3ccccc3)nc2n1. The van der Waals surface area contributed by atoms with Crippen molar-refractivity contribution in [3.8, 4) is 0 Å². The molecule has 30 heavy (non-hydrogen) atoms. The number of nitrogens with zero attached hydrogens (tertiary/aromatic N) is 4. The minimum absolute atomic E-state index is 0.0718. The van der Waals surface area contributed by atoms with Crippen molar-refractivity contribution in [3.63, 3.8) is 0 Å². The molecule has 2 aromatic carbocycles. The molecule has 0 fully saturated rings. The van der Waals surface area contributed by atoms with E-state index in [1.807, 2.05) is 87.5 Å². The van der Waals surface area contributed by atoms with Crippen molar-refractivity contribution in [2.75, 3.05) is 0 Å². The summed E-state index contributed by atoms with van der Waals surface area (Å²) in [7, 11) is 0. The van der Waals surface area contributed by atoms with Gasteiger partial charge in [0, 0.05) is 11.4 Å². The Kier molecular flexibility index (Phi) is 5.81. The molecule has 1 atom stereocenters. The first kappa shape index (κ1) is 20.1. The quantitative estimate of drug-likeness (QED) is 0.478. The van der Waals surface area contributed by atoms with E-state index in [1.165, 1.54) is 11.8 Å². The zero-order valence-corrected chi connectivity index (χ0v) is 17.9. The van der Waals surface area contributed by atoms with E-state index in [9.17, 15) is 4.79 Å². The van der Waals surface area contributed by atoms with Crippen LogP contribution in [0.2, 0.25) is 0 Å². The van der Waals surface area contributed by atoms with E-state index in [4.69, 9.17) is 0 Å². The maximum Gasteiger partial charge on any atom is 0.253 e. The molecule has 2 heterocycles. The van der Waals surface area contributed by atoms with Gasteiger partial charge in [0.1, 0.15) is 0 Å². The molecule has 0 saturated carbocycles. The van der Waals surface area contributed by atoms with Gasteiger partial charge in [-0.05, 0) is 38.0 Å². The number of aryl methyl sites for hydroxylation is 2. The average Bonchev–Trinajstić information content (AvgIpc) is 3.15. The Labute approximate surface area is 179 Å². The molecule has 4 rings (SSSR count). The van der Waals surface area contributed by atoms with Gasteiger partial charge in [0.15, 0.2) is 0 Å². The molecule has 7 heteroatoms. The van der Waals surface area contributed by atoms with Gasteiger partial charge in [-0.2, -0.15) is 4.98 Å². The van der Waals surface area contributed by atoms with Crippen molar-refractivity contribution < 1.29 is 4.79 Å². The number of aromatic nitrogens is 4. The molecule has 6 nitrogen and oxygen atoms in total. The smallest absolute Gasteiger partial charge is 0.253 e. The highest BCUT2D eigenvalue weighted by Gasteiger charge is 2.23. The van der Waals surface area contributed by atoms with Crippen molar-refractivity contribution in [2.45, 2.75) is 37.2 Å². The molecule has 0 radical (unpaired) electrons.